The zero-order valence-corrected chi connectivity index (χ0v) is 16.2. The van der Waals surface area contributed by atoms with Gasteiger partial charge in [-0.3, -0.25) is 4.79 Å². The summed E-state index contributed by atoms with van der Waals surface area (Å²) >= 11 is 0. The first-order chi connectivity index (χ1) is 14.1. The van der Waals surface area contributed by atoms with Gasteiger partial charge in [0.2, 0.25) is 0 Å². The first-order valence-corrected chi connectivity index (χ1v) is 9.88. The predicted molar refractivity (Wildman–Crippen MR) is 103 cm³/mol. The second-order valence-electron chi connectivity index (χ2n) is 7.60. The Hall–Kier alpha value is -3.00. The van der Waals surface area contributed by atoms with Gasteiger partial charge in [0.05, 0.1) is 43.2 Å². The van der Waals surface area contributed by atoms with Crippen LogP contribution in [0.5, 0.6) is 0 Å². The largest absolute Gasteiger partial charge is 0.373 e. The number of hydrogen-bond donors (Lipinski definition) is 1. The zero-order chi connectivity index (χ0) is 20.0. The molecule has 150 valence electrons. The van der Waals surface area contributed by atoms with Gasteiger partial charge in [-0.2, -0.15) is 5.10 Å². The van der Waals surface area contributed by atoms with Crippen molar-refractivity contribution in [2.24, 2.45) is 0 Å². The fraction of sp³-hybridized carbons (Fsp3) is 0.381. The van der Waals surface area contributed by atoms with Gasteiger partial charge in [0.25, 0.3) is 5.91 Å². The van der Waals surface area contributed by atoms with Gasteiger partial charge >= 0.3 is 0 Å². The minimum atomic E-state index is -0.354. The number of aryl methyl sites for hydroxylation is 2. The number of fused-ring (bicyclic) bond motifs is 2. The number of rotatable bonds is 3. The van der Waals surface area contributed by atoms with Gasteiger partial charge in [-0.1, -0.05) is 12.1 Å². The number of carbonyl (C=O) groups is 1. The van der Waals surface area contributed by atoms with Gasteiger partial charge in [0, 0.05) is 12.1 Å². The Morgan fingerprint density at radius 3 is 3.07 bits per heavy atom. The summed E-state index contributed by atoms with van der Waals surface area (Å²) in [4.78, 5) is 17.2. The normalized spacial score (nSPS) is 18.2. The Morgan fingerprint density at radius 2 is 2.21 bits per heavy atom. The zero-order valence-electron chi connectivity index (χ0n) is 16.2. The molecule has 0 saturated heterocycles. The average molecular weight is 395 g/mol. The number of amides is 1. The van der Waals surface area contributed by atoms with Crippen LogP contribution < -0.4 is 5.32 Å². The Morgan fingerprint density at radius 1 is 1.31 bits per heavy atom. The number of ether oxygens (including phenoxy) is 1. The first kappa shape index (κ1) is 18.1. The minimum Gasteiger partial charge on any atom is -0.373 e. The number of carbonyl (C=O) groups excluding carboxylic acids is 1. The molecule has 29 heavy (non-hydrogen) atoms. The van der Waals surface area contributed by atoms with Crippen molar-refractivity contribution < 1.29 is 13.9 Å². The van der Waals surface area contributed by atoms with Gasteiger partial charge < -0.3 is 14.6 Å². The SMILES string of the molecule is Cc1cccc(F)c1-n1ncc2c1COCC2NC(=O)c1ncn2c1CCCC2. The maximum absolute atomic E-state index is 14.5. The predicted octanol–water partition coefficient (Wildman–Crippen LogP) is 2.85. The van der Waals surface area contributed by atoms with E-state index < -0.39 is 0 Å². The summed E-state index contributed by atoms with van der Waals surface area (Å²) in [5.41, 5.74) is 4.26. The standard InChI is InChI=1S/C21H22FN5O2/c1-13-5-4-6-15(22)20(13)27-18-11-29-10-16(14(18)9-24-27)25-21(28)19-17-7-2-3-8-26(17)12-23-19/h4-6,9,12,16H,2-3,7-8,10-11H2,1H3,(H,25,28). The van der Waals surface area contributed by atoms with Crippen LogP contribution in [-0.4, -0.2) is 31.8 Å². The molecule has 0 spiro atoms. The number of para-hydroxylation sites is 1. The molecule has 4 heterocycles. The van der Waals surface area contributed by atoms with Crippen LogP contribution in [0, 0.1) is 12.7 Å². The van der Waals surface area contributed by atoms with E-state index in [1.165, 1.54) is 6.07 Å². The maximum atomic E-state index is 14.5. The molecule has 8 heteroatoms. The molecule has 1 N–H and O–H groups in total. The van der Waals surface area contributed by atoms with Crippen LogP contribution in [0.3, 0.4) is 0 Å². The fourth-order valence-corrected chi connectivity index (χ4v) is 4.24. The number of benzene rings is 1. The summed E-state index contributed by atoms with van der Waals surface area (Å²) in [5.74, 6) is -0.552. The van der Waals surface area contributed by atoms with Gasteiger partial charge in [-0.15, -0.1) is 0 Å². The van der Waals surface area contributed by atoms with E-state index in [4.69, 9.17) is 4.74 Å². The molecule has 0 fully saturated rings. The molecule has 0 aliphatic carbocycles. The summed E-state index contributed by atoms with van der Waals surface area (Å²) in [7, 11) is 0. The Labute approximate surface area is 167 Å². The summed E-state index contributed by atoms with van der Waals surface area (Å²) in [5, 5.41) is 7.44. The molecule has 0 radical (unpaired) electrons. The lowest BCUT2D eigenvalue weighted by Crippen LogP contribution is -2.35. The molecular formula is C21H22FN5O2. The molecular weight excluding hydrogens is 373 g/mol. The third-order valence-corrected chi connectivity index (χ3v) is 5.73. The van der Waals surface area contributed by atoms with E-state index in [0.29, 0.717) is 24.6 Å². The Bertz CT molecular complexity index is 1070. The first-order valence-electron chi connectivity index (χ1n) is 9.88. The van der Waals surface area contributed by atoms with Crippen molar-refractivity contribution in [1.82, 2.24) is 24.6 Å². The second-order valence-corrected chi connectivity index (χ2v) is 7.60. The maximum Gasteiger partial charge on any atom is 0.272 e. The molecule has 2 aliphatic heterocycles. The summed E-state index contributed by atoms with van der Waals surface area (Å²) < 4.78 is 23.8. The third kappa shape index (κ3) is 3.04. The molecule has 5 rings (SSSR count). The van der Waals surface area contributed by atoms with Gasteiger partial charge in [-0.05, 0) is 37.8 Å². The highest BCUT2D eigenvalue weighted by atomic mass is 19.1. The van der Waals surface area contributed by atoms with E-state index in [9.17, 15) is 9.18 Å². The van der Waals surface area contributed by atoms with Crippen LogP contribution in [-0.2, 0) is 24.3 Å². The second kappa shape index (κ2) is 7.11. The van der Waals surface area contributed by atoms with Crippen molar-refractivity contribution >= 4 is 5.91 Å². The van der Waals surface area contributed by atoms with E-state index in [0.717, 1.165) is 48.3 Å². The molecule has 2 aromatic heterocycles. The third-order valence-electron chi connectivity index (χ3n) is 5.73. The average Bonchev–Trinajstić information content (AvgIpc) is 3.33. The number of imidazole rings is 1. The summed E-state index contributed by atoms with van der Waals surface area (Å²) in [6, 6.07) is 4.58. The van der Waals surface area contributed by atoms with Crippen molar-refractivity contribution in [3.8, 4) is 5.69 Å². The Kier molecular flexibility index (Phi) is 4.43. The van der Waals surface area contributed by atoms with Crippen LogP contribution in [0.1, 0.15) is 51.9 Å². The molecule has 1 atom stereocenters. The van der Waals surface area contributed by atoms with Crippen LogP contribution in [0.4, 0.5) is 4.39 Å². The number of aromatic nitrogens is 4. The van der Waals surface area contributed by atoms with Crippen LogP contribution in [0.15, 0.2) is 30.7 Å². The van der Waals surface area contributed by atoms with Crippen molar-refractivity contribution in [2.45, 2.75) is 45.4 Å². The van der Waals surface area contributed by atoms with Gasteiger partial charge in [0.15, 0.2) is 0 Å². The minimum absolute atomic E-state index is 0.211. The smallest absolute Gasteiger partial charge is 0.272 e. The van der Waals surface area contributed by atoms with E-state index in [1.54, 1.807) is 23.3 Å². The van der Waals surface area contributed by atoms with E-state index in [1.807, 2.05) is 13.0 Å². The van der Waals surface area contributed by atoms with Gasteiger partial charge in [-0.25, -0.2) is 14.1 Å². The lowest BCUT2D eigenvalue weighted by molar-refractivity contribution is 0.0683. The number of hydrogen-bond acceptors (Lipinski definition) is 4. The number of nitrogens with one attached hydrogen (secondary N) is 1. The molecule has 1 aromatic carbocycles. The highest BCUT2D eigenvalue weighted by molar-refractivity contribution is 5.93. The van der Waals surface area contributed by atoms with Crippen LogP contribution >= 0.6 is 0 Å². The molecule has 0 saturated carbocycles. The number of nitrogens with zero attached hydrogens (tertiary/aromatic N) is 4. The van der Waals surface area contributed by atoms with Crippen molar-refractivity contribution in [2.75, 3.05) is 6.61 Å². The van der Waals surface area contributed by atoms with Crippen LogP contribution in [0.2, 0.25) is 0 Å². The monoisotopic (exact) mass is 395 g/mol. The lowest BCUT2D eigenvalue weighted by atomic mass is 10.0. The van der Waals surface area contributed by atoms with E-state index >= 15 is 0 Å². The molecule has 1 unspecified atom stereocenters. The van der Waals surface area contributed by atoms with E-state index in [-0.39, 0.29) is 17.8 Å². The van der Waals surface area contributed by atoms with E-state index in [2.05, 4.69) is 20.0 Å². The molecule has 2 aliphatic rings. The summed E-state index contributed by atoms with van der Waals surface area (Å²) in [6.45, 7) is 3.41. The Balaban J connectivity index is 1.44. The highest BCUT2D eigenvalue weighted by Crippen LogP contribution is 2.29. The molecule has 3 aromatic rings. The topological polar surface area (TPSA) is 74.0 Å². The molecule has 7 nitrogen and oxygen atoms in total. The highest BCUT2D eigenvalue weighted by Gasteiger charge is 2.30. The quantitative estimate of drug-likeness (QED) is 0.740. The van der Waals surface area contributed by atoms with Crippen LogP contribution in [0.25, 0.3) is 5.69 Å². The fourth-order valence-electron chi connectivity index (χ4n) is 4.24. The van der Waals surface area contributed by atoms with Crippen molar-refractivity contribution in [3.05, 3.63) is 64.7 Å². The summed E-state index contributed by atoms with van der Waals surface area (Å²) in [6.07, 6.45) is 6.47. The molecule has 1 amide bonds. The lowest BCUT2D eigenvalue weighted by Gasteiger charge is -2.25. The van der Waals surface area contributed by atoms with Crippen molar-refractivity contribution in [3.63, 3.8) is 0 Å². The number of halogens is 1. The van der Waals surface area contributed by atoms with Gasteiger partial charge in [0.1, 0.15) is 17.2 Å². The molecule has 0 bridgehead atoms. The van der Waals surface area contributed by atoms with Crippen molar-refractivity contribution in [1.29, 1.82) is 0 Å².